The highest BCUT2D eigenvalue weighted by Gasteiger charge is 2.24. The Bertz CT molecular complexity index is 403. The molecule has 0 radical (unpaired) electrons. The van der Waals surface area contributed by atoms with Crippen LogP contribution in [-0.2, 0) is 4.79 Å². The van der Waals surface area contributed by atoms with Crippen LogP contribution < -0.4 is 5.32 Å². The van der Waals surface area contributed by atoms with Gasteiger partial charge in [0.1, 0.15) is 6.04 Å². The fourth-order valence-electron chi connectivity index (χ4n) is 1.17. The molecule has 0 saturated carbocycles. The number of carboxylic acids is 1. The predicted octanol–water partition coefficient (Wildman–Crippen LogP) is 2.35. The summed E-state index contributed by atoms with van der Waals surface area (Å²) in [4.78, 5) is 22.6. The predicted molar refractivity (Wildman–Crippen MR) is 65.7 cm³/mol. The van der Waals surface area contributed by atoms with Gasteiger partial charge in [0.05, 0.1) is 9.35 Å². The van der Waals surface area contributed by atoms with Crippen LogP contribution in [0.2, 0.25) is 0 Å². The quantitative estimate of drug-likeness (QED) is 0.897. The molecule has 1 aromatic rings. The highest BCUT2D eigenvalue weighted by atomic mass is 79.9. The van der Waals surface area contributed by atoms with E-state index in [-0.39, 0.29) is 11.8 Å². The number of nitrogens with one attached hydrogen (secondary N) is 1. The van der Waals surface area contributed by atoms with Crippen molar-refractivity contribution < 1.29 is 14.7 Å². The van der Waals surface area contributed by atoms with E-state index < -0.39 is 12.0 Å². The zero-order valence-electron chi connectivity index (χ0n) is 8.86. The highest BCUT2D eigenvalue weighted by molar-refractivity contribution is 9.11. The molecule has 0 aliphatic carbocycles. The molecular formula is C10H12BrNO3S. The first kappa shape index (κ1) is 13.2. The second-order valence-corrected chi connectivity index (χ2v) is 5.96. The molecule has 0 unspecified atom stereocenters. The molecule has 1 aromatic heterocycles. The van der Waals surface area contributed by atoms with Crippen molar-refractivity contribution in [2.75, 3.05) is 0 Å². The first-order chi connectivity index (χ1) is 7.41. The highest BCUT2D eigenvalue weighted by Crippen LogP contribution is 2.20. The number of hydrogen-bond donors (Lipinski definition) is 2. The lowest BCUT2D eigenvalue weighted by molar-refractivity contribution is -0.140. The van der Waals surface area contributed by atoms with Gasteiger partial charge in [0.25, 0.3) is 5.91 Å². The van der Waals surface area contributed by atoms with E-state index in [0.29, 0.717) is 5.56 Å². The lowest BCUT2D eigenvalue weighted by atomic mass is 10.0. The number of carboxylic acid groups (broad SMARTS) is 1. The fraction of sp³-hybridized carbons (Fsp3) is 0.400. The normalized spacial score (nSPS) is 12.5. The van der Waals surface area contributed by atoms with Crippen molar-refractivity contribution in [1.82, 2.24) is 5.32 Å². The molecule has 6 heteroatoms. The van der Waals surface area contributed by atoms with Crippen LogP contribution in [-0.4, -0.2) is 23.0 Å². The maximum Gasteiger partial charge on any atom is 0.326 e. The van der Waals surface area contributed by atoms with Crippen LogP contribution in [0.1, 0.15) is 24.2 Å². The summed E-state index contributed by atoms with van der Waals surface area (Å²) in [5, 5.41) is 13.1. The number of carbonyl (C=O) groups is 2. The van der Waals surface area contributed by atoms with Gasteiger partial charge in [-0.3, -0.25) is 4.79 Å². The van der Waals surface area contributed by atoms with Crippen molar-refractivity contribution >= 4 is 39.1 Å². The number of amides is 1. The minimum Gasteiger partial charge on any atom is -0.480 e. The Kier molecular flexibility index (Phi) is 4.49. The first-order valence-corrected chi connectivity index (χ1v) is 6.36. The number of rotatable bonds is 4. The van der Waals surface area contributed by atoms with Crippen LogP contribution in [0.4, 0.5) is 0 Å². The SMILES string of the molecule is CC(C)[C@@H](NC(=O)c1csc(Br)c1)C(=O)O. The summed E-state index contributed by atoms with van der Waals surface area (Å²) in [7, 11) is 0. The van der Waals surface area contributed by atoms with Crippen LogP contribution in [0.15, 0.2) is 15.2 Å². The molecule has 0 fully saturated rings. The van der Waals surface area contributed by atoms with E-state index >= 15 is 0 Å². The Morgan fingerprint density at radius 1 is 1.50 bits per heavy atom. The van der Waals surface area contributed by atoms with Gasteiger partial charge in [-0.15, -0.1) is 11.3 Å². The topological polar surface area (TPSA) is 66.4 Å². The van der Waals surface area contributed by atoms with Crippen LogP contribution >= 0.6 is 27.3 Å². The minimum atomic E-state index is -1.02. The molecule has 0 aliphatic heterocycles. The van der Waals surface area contributed by atoms with Gasteiger partial charge < -0.3 is 10.4 Å². The molecule has 0 aromatic carbocycles. The molecule has 16 heavy (non-hydrogen) atoms. The smallest absolute Gasteiger partial charge is 0.326 e. The molecule has 1 atom stereocenters. The van der Waals surface area contributed by atoms with Crippen LogP contribution in [0.5, 0.6) is 0 Å². The van der Waals surface area contributed by atoms with Crippen LogP contribution in [0, 0.1) is 5.92 Å². The summed E-state index contributed by atoms with van der Waals surface area (Å²) in [6.07, 6.45) is 0. The molecule has 2 N–H and O–H groups in total. The molecule has 0 aliphatic rings. The van der Waals surface area contributed by atoms with Crippen LogP contribution in [0.25, 0.3) is 0 Å². The third-order valence-electron chi connectivity index (χ3n) is 2.05. The largest absolute Gasteiger partial charge is 0.480 e. The third kappa shape index (κ3) is 3.31. The molecular weight excluding hydrogens is 294 g/mol. The Balaban J connectivity index is 2.73. The van der Waals surface area contributed by atoms with Gasteiger partial charge in [-0.05, 0) is 27.9 Å². The molecule has 1 heterocycles. The summed E-state index contributed by atoms with van der Waals surface area (Å²) in [5.41, 5.74) is 0.476. The summed E-state index contributed by atoms with van der Waals surface area (Å²) >= 11 is 4.63. The second-order valence-electron chi connectivity index (χ2n) is 3.67. The Labute approximate surface area is 106 Å². The number of carbonyl (C=O) groups excluding carboxylic acids is 1. The molecule has 4 nitrogen and oxygen atoms in total. The molecule has 88 valence electrons. The van der Waals surface area contributed by atoms with Gasteiger partial charge in [0, 0.05) is 5.38 Å². The van der Waals surface area contributed by atoms with E-state index in [1.807, 2.05) is 0 Å². The fourth-order valence-corrected chi connectivity index (χ4v) is 2.30. The summed E-state index contributed by atoms with van der Waals surface area (Å²) in [6, 6.07) is 0.811. The van der Waals surface area contributed by atoms with Crippen molar-refractivity contribution in [3.63, 3.8) is 0 Å². The Morgan fingerprint density at radius 3 is 2.50 bits per heavy atom. The monoisotopic (exact) mass is 305 g/mol. The molecule has 1 rings (SSSR count). The summed E-state index contributed by atoms with van der Waals surface area (Å²) in [5.74, 6) is -1.52. The van der Waals surface area contributed by atoms with Crippen molar-refractivity contribution in [2.45, 2.75) is 19.9 Å². The van der Waals surface area contributed by atoms with Crippen molar-refractivity contribution in [3.05, 3.63) is 20.8 Å². The van der Waals surface area contributed by atoms with E-state index in [9.17, 15) is 9.59 Å². The van der Waals surface area contributed by atoms with Crippen molar-refractivity contribution in [1.29, 1.82) is 0 Å². The molecule has 0 spiro atoms. The molecule has 1 amide bonds. The number of halogens is 1. The number of hydrogen-bond acceptors (Lipinski definition) is 3. The Hall–Kier alpha value is -0.880. The van der Waals surface area contributed by atoms with Gasteiger partial charge in [-0.1, -0.05) is 13.8 Å². The van der Waals surface area contributed by atoms with E-state index in [1.54, 1.807) is 25.3 Å². The maximum atomic E-state index is 11.7. The van der Waals surface area contributed by atoms with Gasteiger partial charge in [0.15, 0.2) is 0 Å². The molecule has 0 saturated heterocycles. The first-order valence-electron chi connectivity index (χ1n) is 4.69. The van der Waals surface area contributed by atoms with E-state index in [0.717, 1.165) is 3.79 Å². The average molecular weight is 306 g/mol. The van der Waals surface area contributed by atoms with Crippen LogP contribution in [0.3, 0.4) is 0 Å². The third-order valence-corrected chi connectivity index (χ3v) is 3.55. The standard InChI is InChI=1S/C10H12BrNO3S/c1-5(2)8(10(14)15)12-9(13)6-3-7(11)16-4-6/h3-5,8H,1-2H3,(H,12,13)(H,14,15)/t8-/m1/s1. The zero-order valence-corrected chi connectivity index (χ0v) is 11.3. The number of thiophene rings is 1. The van der Waals surface area contributed by atoms with Gasteiger partial charge >= 0.3 is 5.97 Å². The van der Waals surface area contributed by atoms with Crippen molar-refractivity contribution in [3.8, 4) is 0 Å². The number of aliphatic carboxylic acids is 1. The van der Waals surface area contributed by atoms with Gasteiger partial charge in [-0.25, -0.2) is 4.79 Å². The summed E-state index contributed by atoms with van der Waals surface area (Å²) in [6.45, 7) is 3.51. The lowest BCUT2D eigenvalue weighted by Gasteiger charge is -2.17. The maximum absolute atomic E-state index is 11.7. The van der Waals surface area contributed by atoms with Crippen molar-refractivity contribution in [2.24, 2.45) is 5.92 Å². The lowest BCUT2D eigenvalue weighted by Crippen LogP contribution is -2.44. The van der Waals surface area contributed by atoms with E-state index in [1.165, 1.54) is 11.3 Å². The average Bonchev–Trinajstić information content (AvgIpc) is 2.59. The van der Waals surface area contributed by atoms with E-state index in [2.05, 4.69) is 21.2 Å². The summed E-state index contributed by atoms with van der Waals surface area (Å²) < 4.78 is 0.842. The van der Waals surface area contributed by atoms with Gasteiger partial charge in [0.2, 0.25) is 0 Å². The Morgan fingerprint density at radius 2 is 2.12 bits per heavy atom. The van der Waals surface area contributed by atoms with E-state index in [4.69, 9.17) is 5.11 Å². The molecule has 0 bridgehead atoms. The zero-order chi connectivity index (χ0) is 12.3. The second kappa shape index (κ2) is 5.45. The minimum absolute atomic E-state index is 0.150. The van der Waals surface area contributed by atoms with Gasteiger partial charge in [-0.2, -0.15) is 0 Å².